The summed E-state index contributed by atoms with van der Waals surface area (Å²) in [4.78, 5) is 0. The van der Waals surface area contributed by atoms with Crippen LogP contribution in [0.3, 0.4) is 0 Å². The highest BCUT2D eigenvalue weighted by molar-refractivity contribution is 5.67. The smallest absolute Gasteiger partial charge is 0.131 e. The van der Waals surface area contributed by atoms with Crippen molar-refractivity contribution < 1.29 is 9.13 Å². The van der Waals surface area contributed by atoms with Crippen LogP contribution in [0, 0.1) is 5.82 Å². The number of fused-ring (bicyclic) bond motifs is 1. The quantitative estimate of drug-likeness (QED) is 0.918. The predicted molar refractivity (Wildman–Crippen MR) is 78.4 cm³/mol. The maximum atomic E-state index is 14.1. The molecular weight excluding hydrogens is 253 g/mol. The summed E-state index contributed by atoms with van der Waals surface area (Å²) in [7, 11) is 0. The average molecular weight is 271 g/mol. The highest BCUT2D eigenvalue weighted by atomic mass is 19.1. The Bertz CT molecular complexity index is 624. The van der Waals surface area contributed by atoms with Gasteiger partial charge in [-0.2, -0.15) is 0 Å². The van der Waals surface area contributed by atoms with E-state index in [4.69, 9.17) is 4.74 Å². The van der Waals surface area contributed by atoms with Crippen molar-refractivity contribution in [2.24, 2.45) is 0 Å². The monoisotopic (exact) mass is 271 g/mol. The zero-order valence-electron chi connectivity index (χ0n) is 11.6. The van der Waals surface area contributed by atoms with Crippen molar-refractivity contribution in [3.8, 4) is 16.9 Å². The van der Waals surface area contributed by atoms with Gasteiger partial charge in [-0.25, -0.2) is 4.39 Å². The van der Waals surface area contributed by atoms with Crippen molar-refractivity contribution in [1.29, 1.82) is 0 Å². The molecule has 1 heterocycles. The lowest BCUT2D eigenvalue weighted by Crippen LogP contribution is -2.11. The van der Waals surface area contributed by atoms with E-state index in [0.717, 1.165) is 43.0 Å². The lowest BCUT2D eigenvalue weighted by molar-refractivity contribution is 0.357. The third-order valence-corrected chi connectivity index (χ3v) is 3.61. The molecule has 2 nitrogen and oxygen atoms in total. The Balaban J connectivity index is 1.96. The van der Waals surface area contributed by atoms with Crippen molar-refractivity contribution in [2.75, 3.05) is 13.2 Å². The van der Waals surface area contributed by atoms with E-state index in [9.17, 15) is 4.39 Å². The Labute approximate surface area is 118 Å². The second-order valence-electron chi connectivity index (χ2n) is 5.02. The third-order valence-electron chi connectivity index (χ3n) is 3.61. The number of nitrogens with one attached hydrogen (secondary N) is 1. The molecular formula is C17H18FNO. The van der Waals surface area contributed by atoms with E-state index >= 15 is 0 Å². The summed E-state index contributed by atoms with van der Waals surface area (Å²) in [6, 6.07) is 11.2. The minimum absolute atomic E-state index is 0.177. The molecule has 2 aromatic carbocycles. The van der Waals surface area contributed by atoms with E-state index in [-0.39, 0.29) is 5.82 Å². The van der Waals surface area contributed by atoms with Crippen LogP contribution in [-0.4, -0.2) is 13.2 Å². The highest BCUT2D eigenvalue weighted by Crippen LogP contribution is 2.32. The van der Waals surface area contributed by atoms with Gasteiger partial charge in [0, 0.05) is 18.5 Å². The van der Waals surface area contributed by atoms with E-state index in [1.165, 1.54) is 5.56 Å². The molecule has 1 aliphatic rings. The molecule has 0 aliphatic carbocycles. The van der Waals surface area contributed by atoms with E-state index < -0.39 is 0 Å². The Morgan fingerprint density at radius 3 is 2.95 bits per heavy atom. The first-order chi connectivity index (χ1) is 9.78. The van der Waals surface area contributed by atoms with E-state index in [1.807, 2.05) is 30.3 Å². The zero-order chi connectivity index (χ0) is 13.9. The minimum atomic E-state index is -0.177. The first kappa shape index (κ1) is 13.1. The molecule has 0 spiro atoms. The van der Waals surface area contributed by atoms with Crippen molar-refractivity contribution in [1.82, 2.24) is 5.32 Å². The fourth-order valence-electron chi connectivity index (χ4n) is 2.53. The molecule has 0 saturated heterocycles. The zero-order valence-corrected chi connectivity index (χ0v) is 11.6. The molecule has 2 aromatic rings. The SMILES string of the molecule is CCNCc1ccc(F)c(-c2ccc3c(c2)CCO3)c1. The van der Waals surface area contributed by atoms with Gasteiger partial charge in [-0.1, -0.05) is 19.1 Å². The molecule has 0 bridgehead atoms. The van der Waals surface area contributed by atoms with Gasteiger partial charge in [0.25, 0.3) is 0 Å². The summed E-state index contributed by atoms with van der Waals surface area (Å²) in [5, 5.41) is 3.26. The molecule has 0 amide bonds. The van der Waals surface area contributed by atoms with Crippen LogP contribution < -0.4 is 10.1 Å². The van der Waals surface area contributed by atoms with Gasteiger partial charge in [0.2, 0.25) is 0 Å². The standard InChI is InChI=1S/C17H18FNO/c1-2-19-11-12-3-5-16(18)15(9-12)13-4-6-17-14(10-13)7-8-20-17/h3-6,9-10,19H,2,7-8,11H2,1H3. The molecule has 0 unspecified atom stereocenters. The fourth-order valence-corrected chi connectivity index (χ4v) is 2.53. The molecule has 20 heavy (non-hydrogen) atoms. The molecule has 104 valence electrons. The van der Waals surface area contributed by atoms with Crippen molar-refractivity contribution in [3.05, 3.63) is 53.3 Å². The lowest BCUT2D eigenvalue weighted by Gasteiger charge is -2.09. The number of ether oxygens (including phenoxy) is 1. The molecule has 0 atom stereocenters. The van der Waals surface area contributed by atoms with Crippen LogP contribution in [0.1, 0.15) is 18.1 Å². The summed E-state index contributed by atoms with van der Waals surface area (Å²) < 4.78 is 19.6. The minimum Gasteiger partial charge on any atom is -0.493 e. The van der Waals surface area contributed by atoms with Crippen molar-refractivity contribution in [3.63, 3.8) is 0 Å². The number of benzene rings is 2. The normalized spacial score (nSPS) is 13.1. The van der Waals surface area contributed by atoms with Crippen LogP contribution in [0.4, 0.5) is 4.39 Å². The second-order valence-corrected chi connectivity index (χ2v) is 5.02. The largest absolute Gasteiger partial charge is 0.493 e. The Kier molecular flexibility index (Phi) is 3.70. The molecule has 3 rings (SSSR count). The first-order valence-corrected chi connectivity index (χ1v) is 7.03. The van der Waals surface area contributed by atoms with Crippen LogP contribution in [0.2, 0.25) is 0 Å². The summed E-state index contributed by atoms with van der Waals surface area (Å²) in [5.41, 5.74) is 3.85. The molecule has 0 radical (unpaired) electrons. The van der Waals surface area contributed by atoms with Gasteiger partial charge < -0.3 is 10.1 Å². The third kappa shape index (κ3) is 2.54. The van der Waals surface area contributed by atoms with Gasteiger partial charge in [0.05, 0.1) is 6.61 Å². The summed E-state index contributed by atoms with van der Waals surface area (Å²) >= 11 is 0. The van der Waals surface area contributed by atoms with E-state index in [1.54, 1.807) is 6.07 Å². The maximum absolute atomic E-state index is 14.1. The Hall–Kier alpha value is -1.87. The van der Waals surface area contributed by atoms with Crippen LogP contribution in [0.25, 0.3) is 11.1 Å². The lowest BCUT2D eigenvalue weighted by atomic mass is 9.99. The second kappa shape index (κ2) is 5.63. The van der Waals surface area contributed by atoms with Crippen LogP contribution in [0.15, 0.2) is 36.4 Å². The summed E-state index contributed by atoms with van der Waals surface area (Å²) in [6.45, 7) is 4.45. The Morgan fingerprint density at radius 1 is 1.20 bits per heavy atom. The van der Waals surface area contributed by atoms with E-state index in [0.29, 0.717) is 5.56 Å². The number of rotatable bonds is 4. The number of halogens is 1. The highest BCUT2D eigenvalue weighted by Gasteiger charge is 2.14. The van der Waals surface area contributed by atoms with Crippen LogP contribution in [-0.2, 0) is 13.0 Å². The van der Waals surface area contributed by atoms with Crippen LogP contribution in [0.5, 0.6) is 5.75 Å². The van der Waals surface area contributed by atoms with Gasteiger partial charge >= 0.3 is 0 Å². The number of hydrogen-bond acceptors (Lipinski definition) is 2. The van der Waals surface area contributed by atoms with Gasteiger partial charge in [-0.05, 0) is 47.5 Å². The van der Waals surface area contributed by atoms with Crippen LogP contribution >= 0.6 is 0 Å². The average Bonchev–Trinajstić information content (AvgIpc) is 2.93. The van der Waals surface area contributed by atoms with Gasteiger partial charge in [0.15, 0.2) is 0 Å². The Morgan fingerprint density at radius 2 is 2.10 bits per heavy atom. The number of hydrogen-bond donors (Lipinski definition) is 1. The molecule has 1 aliphatic heterocycles. The summed E-state index contributed by atoms with van der Waals surface area (Å²) in [6.07, 6.45) is 0.905. The molecule has 1 N–H and O–H groups in total. The van der Waals surface area contributed by atoms with Gasteiger partial charge in [-0.15, -0.1) is 0 Å². The molecule has 0 aromatic heterocycles. The molecule has 0 saturated carbocycles. The van der Waals surface area contributed by atoms with Crippen molar-refractivity contribution >= 4 is 0 Å². The first-order valence-electron chi connectivity index (χ1n) is 7.03. The van der Waals surface area contributed by atoms with Gasteiger partial charge in [-0.3, -0.25) is 0 Å². The van der Waals surface area contributed by atoms with E-state index in [2.05, 4.69) is 12.2 Å². The predicted octanol–water partition coefficient (Wildman–Crippen LogP) is 3.54. The van der Waals surface area contributed by atoms with Crippen molar-refractivity contribution in [2.45, 2.75) is 19.9 Å². The topological polar surface area (TPSA) is 21.3 Å². The van der Waals surface area contributed by atoms with Gasteiger partial charge in [0.1, 0.15) is 11.6 Å². The maximum Gasteiger partial charge on any atom is 0.131 e. The molecule has 0 fully saturated rings. The summed E-state index contributed by atoms with van der Waals surface area (Å²) in [5.74, 6) is 0.752. The molecule has 3 heteroatoms. The fraction of sp³-hybridized carbons (Fsp3) is 0.294.